The Hall–Kier alpha value is -1.39. The summed E-state index contributed by atoms with van der Waals surface area (Å²) in [5.41, 5.74) is 7.38. The summed E-state index contributed by atoms with van der Waals surface area (Å²) in [6.07, 6.45) is 6.41. The average molecular weight is 259 g/mol. The Bertz CT molecular complexity index is 547. The van der Waals surface area contributed by atoms with Crippen LogP contribution in [0.1, 0.15) is 38.0 Å². The van der Waals surface area contributed by atoms with Gasteiger partial charge in [-0.2, -0.15) is 0 Å². The Morgan fingerprint density at radius 2 is 2.42 bits per heavy atom. The first-order chi connectivity index (χ1) is 9.14. The molecule has 3 atom stereocenters. The van der Waals surface area contributed by atoms with E-state index < -0.39 is 6.10 Å². The molecule has 0 saturated heterocycles. The highest BCUT2D eigenvalue weighted by Crippen LogP contribution is 2.48. The second-order valence-electron chi connectivity index (χ2n) is 5.95. The molecule has 0 amide bonds. The molecule has 4 nitrogen and oxygen atoms in total. The summed E-state index contributed by atoms with van der Waals surface area (Å²) in [6, 6.07) is 5.86. The molecule has 2 heterocycles. The molecule has 1 saturated carbocycles. The lowest BCUT2D eigenvalue weighted by atomic mass is 9.78. The van der Waals surface area contributed by atoms with Crippen molar-refractivity contribution in [1.29, 1.82) is 0 Å². The topological polar surface area (TPSA) is 63.5 Å². The number of hydrogen-bond donors (Lipinski definition) is 2. The van der Waals surface area contributed by atoms with Crippen LogP contribution in [0.2, 0.25) is 0 Å². The molecule has 3 unspecified atom stereocenters. The van der Waals surface area contributed by atoms with Gasteiger partial charge in [0.05, 0.1) is 5.69 Å². The van der Waals surface area contributed by atoms with Crippen molar-refractivity contribution in [3.63, 3.8) is 0 Å². The molecule has 0 bridgehead atoms. The van der Waals surface area contributed by atoms with Gasteiger partial charge in [-0.3, -0.25) is 0 Å². The number of aromatic nitrogens is 2. The van der Waals surface area contributed by atoms with Gasteiger partial charge in [-0.15, -0.1) is 0 Å². The maximum atomic E-state index is 10.7. The zero-order chi connectivity index (χ0) is 13.5. The fourth-order valence-corrected chi connectivity index (χ4v) is 3.38. The van der Waals surface area contributed by atoms with Crippen molar-refractivity contribution in [3.8, 4) is 0 Å². The molecule has 1 aliphatic carbocycles. The van der Waals surface area contributed by atoms with Crippen LogP contribution in [0.4, 0.5) is 0 Å². The maximum Gasteiger partial charge on any atom is 0.137 e. The van der Waals surface area contributed by atoms with Gasteiger partial charge in [-0.05, 0) is 30.9 Å². The number of nitrogens with two attached hydrogens (primary N) is 1. The molecule has 19 heavy (non-hydrogen) atoms. The predicted octanol–water partition coefficient (Wildman–Crippen LogP) is 2.13. The second-order valence-corrected chi connectivity index (χ2v) is 5.95. The molecule has 0 spiro atoms. The quantitative estimate of drug-likeness (QED) is 0.887. The van der Waals surface area contributed by atoms with Gasteiger partial charge < -0.3 is 15.2 Å². The third kappa shape index (κ3) is 2.05. The number of nitrogens with zero attached hydrogens (tertiary/aromatic N) is 2. The van der Waals surface area contributed by atoms with Gasteiger partial charge in [0, 0.05) is 24.4 Å². The van der Waals surface area contributed by atoms with E-state index in [1.807, 2.05) is 35.0 Å². The fraction of sp³-hybridized carbons (Fsp3) is 0.533. The molecule has 102 valence electrons. The van der Waals surface area contributed by atoms with E-state index in [4.69, 9.17) is 5.73 Å². The number of aliphatic hydroxyl groups excluding tert-OH is 1. The van der Waals surface area contributed by atoms with E-state index in [-0.39, 0.29) is 5.41 Å². The first kappa shape index (κ1) is 12.6. The molecule has 3 rings (SSSR count). The Labute approximate surface area is 113 Å². The van der Waals surface area contributed by atoms with Crippen molar-refractivity contribution in [2.75, 3.05) is 6.54 Å². The number of aliphatic hydroxyl groups is 1. The molecule has 2 aromatic heterocycles. The van der Waals surface area contributed by atoms with Crippen LogP contribution in [0.25, 0.3) is 5.65 Å². The van der Waals surface area contributed by atoms with Gasteiger partial charge in [0.15, 0.2) is 0 Å². The summed E-state index contributed by atoms with van der Waals surface area (Å²) in [6.45, 7) is 2.75. The predicted molar refractivity (Wildman–Crippen MR) is 74.7 cm³/mol. The molecule has 2 aromatic rings. The lowest BCUT2D eigenvalue weighted by Gasteiger charge is -2.32. The highest BCUT2D eigenvalue weighted by Gasteiger charge is 2.43. The van der Waals surface area contributed by atoms with Crippen molar-refractivity contribution in [1.82, 2.24) is 9.38 Å². The Balaban J connectivity index is 1.96. The van der Waals surface area contributed by atoms with Crippen LogP contribution in [0.15, 0.2) is 30.6 Å². The van der Waals surface area contributed by atoms with Gasteiger partial charge in [0.25, 0.3) is 0 Å². The largest absolute Gasteiger partial charge is 0.386 e. The molecule has 0 radical (unpaired) electrons. The minimum atomic E-state index is -0.567. The van der Waals surface area contributed by atoms with Crippen LogP contribution in [0.3, 0.4) is 0 Å². The van der Waals surface area contributed by atoms with Crippen LogP contribution in [-0.2, 0) is 0 Å². The summed E-state index contributed by atoms with van der Waals surface area (Å²) in [5, 5.41) is 10.7. The highest BCUT2D eigenvalue weighted by atomic mass is 16.3. The zero-order valence-corrected chi connectivity index (χ0v) is 11.3. The van der Waals surface area contributed by atoms with Gasteiger partial charge in [0.2, 0.25) is 0 Å². The Kier molecular flexibility index (Phi) is 3.07. The molecule has 1 fully saturated rings. The van der Waals surface area contributed by atoms with Crippen molar-refractivity contribution in [2.24, 2.45) is 17.1 Å². The third-order valence-electron chi connectivity index (χ3n) is 4.54. The molecule has 0 aliphatic heterocycles. The van der Waals surface area contributed by atoms with E-state index in [0.717, 1.165) is 30.6 Å². The van der Waals surface area contributed by atoms with Crippen LogP contribution in [0, 0.1) is 11.3 Å². The van der Waals surface area contributed by atoms with Gasteiger partial charge in [-0.1, -0.05) is 19.4 Å². The summed E-state index contributed by atoms with van der Waals surface area (Å²) in [5.74, 6) is 0.634. The summed E-state index contributed by atoms with van der Waals surface area (Å²) >= 11 is 0. The third-order valence-corrected chi connectivity index (χ3v) is 4.54. The van der Waals surface area contributed by atoms with E-state index in [0.29, 0.717) is 12.5 Å². The van der Waals surface area contributed by atoms with E-state index in [2.05, 4.69) is 11.9 Å². The fourth-order valence-electron chi connectivity index (χ4n) is 3.38. The van der Waals surface area contributed by atoms with E-state index >= 15 is 0 Å². The average Bonchev–Trinajstić information content (AvgIpc) is 3.02. The van der Waals surface area contributed by atoms with Crippen molar-refractivity contribution in [3.05, 3.63) is 36.3 Å². The molecule has 0 aromatic carbocycles. The monoisotopic (exact) mass is 259 g/mol. The minimum Gasteiger partial charge on any atom is -0.386 e. The normalized spacial score (nSPS) is 28.9. The van der Waals surface area contributed by atoms with Crippen LogP contribution >= 0.6 is 0 Å². The Morgan fingerprint density at radius 1 is 1.58 bits per heavy atom. The van der Waals surface area contributed by atoms with Gasteiger partial charge >= 0.3 is 0 Å². The SMILES string of the molecule is CC1CCC(CN)(C(O)c2cn3ccccc3n2)C1. The standard InChI is InChI=1S/C15H21N3O/c1-11-5-6-15(8-11,10-16)14(19)12-9-18-7-3-2-4-13(18)17-12/h2-4,7,9,11,14,19H,5-6,8,10,16H2,1H3. The minimum absolute atomic E-state index is 0.197. The highest BCUT2D eigenvalue weighted by molar-refractivity contribution is 5.40. The zero-order valence-electron chi connectivity index (χ0n) is 11.3. The van der Waals surface area contributed by atoms with Gasteiger partial charge in [-0.25, -0.2) is 4.98 Å². The van der Waals surface area contributed by atoms with E-state index in [9.17, 15) is 5.11 Å². The first-order valence-electron chi connectivity index (χ1n) is 6.96. The van der Waals surface area contributed by atoms with E-state index in [1.54, 1.807) is 0 Å². The maximum absolute atomic E-state index is 10.7. The summed E-state index contributed by atoms with van der Waals surface area (Å²) in [4.78, 5) is 4.53. The first-order valence-corrected chi connectivity index (χ1v) is 6.96. The number of rotatable bonds is 3. The number of fused-ring (bicyclic) bond motifs is 1. The van der Waals surface area contributed by atoms with Crippen LogP contribution in [-0.4, -0.2) is 21.0 Å². The van der Waals surface area contributed by atoms with Crippen molar-refractivity contribution >= 4 is 5.65 Å². The molecule has 1 aliphatic rings. The molecular formula is C15H21N3O. The second kappa shape index (κ2) is 4.62. The molecule has 4 heteroatoms. The lowest BCUT2D eigenvalue weighted by molar-refractivity contribution is 0.0278. The number of hydrogen-bond acceptors (Lipinski definition) is 3. The molecule has 3 N–H and O–H groups in total. The molecular weight excluding hydrogens is 238 g/mol. The summed E-state index contributed by atoms with van der Waals surface area (Å²) in [7, 11) is 0. The van der Waals surface area contributed by atoms with Gasteiger partial charge in [0.1, 0.15) is 11.8 Å². The number of pyridine rings is 1. The Morgan fingerprint density at radius 3 is 3.05 bits per heavy atom. The van der Waals surface area contributed by atoms with Crippen LogP contribution < -0.4 is 5.73 Å². The smallest absolute Gasteiger partial charge is 0.137 e. The lowest BCUT2D eigenvalue weighted by Crippen LogP contribution is -2.34. The van der Waals surface area contributed by atoms with E-state index in [1.165, 1.54) is 0 Å². The van der Waals surface area contributed by atoms with Crippen LogP contribution in [0.5, 0.6) is 0 Å². The van der Waals surface area contributed by atoms with Crippen molar-refractivity contribution in [2.45, 2.75) is 32.3 Å². The summed E-state index contributed by atoms with van der Waals surface area (Å²) < 4.78 is 1.95. The van der Waals surface area contributed by atoms with Crippen molar-refractivity contribution < 1.29 is 5.11 Å². The number of imidazole rings is 1.